The van der Waals surface area contributed by atoms with Crippen LogP contribution in [-0.2, 0) is 4.79 Å². The zero-order chi connectivity index (χ0) is 13.0. The summed E-state index contributed by atoms with van der Waals surface area (Å²) < 4.78 is 6.21. The predicted octanol–water partition coefficient (Wildman–Crippen LogP) is 1.98. The molecule has 0 atom stereocenters. The van der Waals surface area contributed by atoms with Crippen molar-refractivity contribution in [2.75, 3.05) is 19.0 Å². The van der Waals surface area contributed by atoms with Gasteiger partial charge in [0.2, 0.25) is 5.91 Å². The fourth-order valence-electron chi connectivity index (χ4n) is 1.59. The second-order valence-corrected chi connectivity index (χ2v) is 4.80. The number of anilines is 1. The van der Waals surface area contributed by atoms with Crippen LogP contribution in [0.15, 0.2) is 18.2 Å². The van der Waals surface area contributed by atoms with Crippen LogP contribution in [0.5, 0.6) is 5.75 Å². The Morgan fingerprint density at radius 3 is 3.11 bits per heavy atom. The third-order valence-electron chi connectivity index (χ3n) is 2.46. The first-order valence-corrected chi connectivity index (χ1v) is 6.49. The Morgan fingerprint density at radius 1 is 1.56 bits per heavy atom. The molecule has 0 aliphatic carbocycles. The van der Waals surface area contributed by atoms with Gasteiger partial charge < -0.3 is 15.8 Å². The molecule has 1 aromatic heterocycles. The molecule has 2 aromatic rings. The number of methoxy groups -OCH3 is 1. The molecule has 1 heterocycles. The summed E-state index contributed by atoms with van der Waals surface area (Å²) in [5.74, 6) is 0.657. The number of aromatic nitrogens is 1. The molecule has 0 saturated carbocycles. The minimum absolute atomic E-state index is 0.0570. The van der Waals surface area contributed by atoms with Gasteiger partial charge in [0.1, 0.15) is 11.3 Å². The van der Waals surface area contributed by atoms with Gasteiger partial charge in [-0.25, -0.2) is 4.98 Å². The number of hydrogen-bond acceptors (Lipinski definition) is 5. The Hall–Kier alpha value is -1.66. The standard InChI is InChI=1S/C12H15N3O2S/c1-17-8-4-2-5-9-11(8)15-12(18-9)14-10(16)6-3-7-13/h2,4-5H,3,6-7,13H2,1H3,(H,14,15,16). The fourth-order valence-corrected chi connectivity index (χ4v) is 2.49. The van der Waals surface area contributed by atoms with Gasteiger partial charge in [-0.1, -0.05) is 17.4 Å². The van der Waals surface area contributed by atoms with Crippen LogP contribution in [0.2, 0.25) is 0 Å². The normalized spacial score (nSPS) is 10.6. The lowest BCUT2D eigenvalue weighted by Gasteiger charge is -1.99. The first-order valence-electron chi connectivity index (χ1n) is 5.68. The Bertz CT molecular complexity index is 553. The van der Waals surface area contributed by atoms with Crippen LogP contribution in [0.25, 0.3) is 10.2 Å². The third kappa shape index (κ3) is 2.77. The van der Waals surface area contributed by atoms with Crippen molar-refractivity contribution in [3.05, 3.63) is 18.2 Å². The van der Waals surface area contributed by atoms with Crippen molar-refractivity contribution in [2.45, 2.75) is 12.8 Å². The first-order chi connectivity index (χ1) is 8.74. The molecule has 1 amide bonds. The molecule has 96 valence electrons. The molecule has 6 heteroatoms. The van der Waals surface area contributed by atoms with Crippen molar-refractivity contribution < 1.29 is 9.53 Å². The van der Waals surface area contributed by atoms with Crippen LogP contribution in [-0.4, -0.2) is 24.5 Å². The summed E-state index contributed by atoms with van der Waals surface area (Å²) in [5.41, 5.74) is 6.14. The van der Waals surface area contributed by atoms with Gasteiger partial charge in [0.15, 0.2) is 5.13 Å². The minimum atomic E-state index is -0.0570. The predicted molar refractivity (Wildman–Crippen MR) is 73.1 cm³/mol. The van der Waals surface area contributed by atoms with E-state index in [0.29, 0.717) is 30.3 Å². The highest BCUT2D eigenvalue weighted by atomic mass is 32.1. The lowest BCUT2D eigenvalue weighted by molar-refractivity contribution is -0.116. The number of ether oxygens (including phenoxy) is 1. The second kappa shape index (κ2) is 5.79. The van der Waals surface area contributed by atoms with Gasteiger partial charge in [0.25, 0.3) is 0 Å². The van der Waals surface area contributed by atoms with Crippen molar-refractivity contribution in [3.8, 4) is 5.75 Å². The maximum atomic E-state index is 11.6. The van der Waals surface area contributed by atoms with E-state index in [9.17, 15) is 4.79 Å². The number of para-hydroxylation sites is 1. The van der Waals surface area contributed by atoms with Crippen molar-refractivity contribution in [1.29, 1.82) is 0 Å². The van der Waals surface area contributed by atoms with E-state index in [1.54, 1.807) is 7.11 Å². The van der Waals surface area contributed by atoms with Crippen LogP contribution in [0.1, 0.15) is 12.8 Å². The molecular weight excluding hydrogens is 250 g/mol. The molecule has 0 bridgehead atoms. The van der Waals surface area contributed by atoms with E-state index in [0.717, 1.165) is 10.2 Å². The summed E-state index contributed by atoms with van der Waals surface area (Å²) >= 11 is 1.43. The number of nitrogens with one attached hydrogen (secondary N) is 1. The Morgan fingerprint density at radius 2 is 2.39 bits per heavy atom. The lowest BCUT2D eigenvalue weighted by Crippen LogP contribution is -2.13. The number of nitrogens with two attached hydrogens (primary N) is 1. The van der Waals surface area contributed by atoms with Crippen LogP contribution >= 0.6 is 11.3 Å². The molecular formula is C12H15N3O2S. The Balaban J connectivity index is 2.17. The Labute approximate surface area is 109 Å². The largest absolute Gasteiger partial charge is 0.494 e. The second-order valence-electron chi connectivity index (χ2n) is 3.77. The van der Waals surface area contributed by atoms with Gasteiger partial charge in [-0.15, -0.1) is 0 Å². The molecule has 5 nitrogen and oxygen atoms in total. The molecule has 18 heavy (non-hydrogen) atoms. The molecule has 1 aromatic carbocycles. The highest BCUT2D eigenvalue weighted by Crippen LogP contribution is 2.32. The van der Waals surface area contributed by atoms with Crippen molar-refractivity contribution in [2.24, 2.45) is 5.73 Å². The number of rotatable bonds is 5. The fraction of sp³-hybridized carbons (Fsp3) is 0.333. The molecule has 0 spiro atoms. The number of hydrogen-bond donors (Lipinski definition) is 2. The smallest absolute Gasteiger partial charge is 0.226 e. The minimum Gasteiger partial charge on any atom is -0.494 e. The monoisotopic (exact) mass is 265 g/mol. The molecule has 0 saturated heterocycles. The van der Waals surface area contributed by atoms with Crippen LogP contribution < -0.4 is 15.8 Å². The van der Waals surface area contributed by atoms with Crippen LogP contribution in [0.4, 0.5) is 5.13 Å². The third-order valence-corrected chi connectivity index (χ3v) is 3.39. The Kier molecular flexibility index (Phi) is 4.11. The van der Waals surface area contributed by atoms with E-state index in [-0.39, 0.29) is 5.91 Å². The zero-order valence-corrected chi connectivity index (χ0v) is 10.9. The SMILES string of the molecule is COc1cccc2sc(NC(=O)CCCN)nc12. The number of benzene rings is 1. The maximum absolute atomic E-state index is 11.6. The highest BCUT2D eigenvalue weighted by Gasteiger charge is 2.10. The molecule has 0 fully saturated rings. The number of amides is 1. The van der Waals surface area contributed by atoms with E-state index < -0.39 is 0 Å². The van der Waals surface area contributed by atoms with Gasteiger partial charge in [-0.2, -0.15) is 0 Å². The van der Waals surface area contributed by atoms with Crippen LogP contribution in [0.3, 0.4) is 0 Å². The zero-order valence-electron chi connectivity index (χ0n) is 10.1. The molecule has 0 aliphatic heterocycles. The molecule has 0 unspecified atom stereocenters. The average molecular weight is 265 g/mol. The number of carbonyl (C=O) groups excluding carboxylic acids is 1. The topological polar surface area (TPSA) is 77.2 Å². The summed E-state index contributed by atoms with van der Waals surface area (Å²) in [6.45, 7) is 0.515. The van der Waals surface area contributed by atoms with E-state index in [1.807, 2.05) is 18.2 Å². The van der Waals surface area contributed by atoms with Crippen molar-refractivity contribution >= 4 is 32.6 Å². The molecule has 0 radical (unpaired) electrons. The summed E-state index contributed by atoms with van der Waals surface area (Å²) in [6, 6.07) is 5.70. The number of fused-ring (bicyclic) bond motifs is 1. The first kappa shape index (κ1) is 12.8. The molecule has 0 aliphatic rings. The molecule has 3 N–H and O–H groups in total. The number of carbonyl (C=O) groups is 1. The van der Waals surface area contributed by atoms with Gasteiger partial charge in [0, 0.05) is 6.42 Å². The van der Waals surface area contributed by atoms with E-state index in [4.69, 9.17) is 10.5 Å². The lowest BCUT2D eigenvalue weighted by atomic mass is 10.3. The highest BCUT2D eigenvalue weighted by molar-refractivity contribution is 7.22. The van der Waals surface area contributed by atoms with Crippen LogP contribution in [0, 0.1) is 0 Å². The van der Waals surface area contributed by atoms with Crippen molar-refractivity contribution in [3.63, 3.8) is 0 Å². The van der Waals surface area contributed by atoms with Gasteiger partial charge in [0.05, 0.1) is 11.8 Å². The summed E-state index contributed by atoms with van der Waals surface area (Å²) in [6.07, 6.45) is 1.10. The van der Waals surface area contributed by atoms with Gasteiger partial charge in [-0.05, 0) is 25.1 Å². The number of nitrogens with zero attached hydrogens (tertiary/aromatic N) is 1. The van der Waals surface area contributed by atoms with Gasteiger partial charge >= 0.3 is 0 Å². The van der Waals surface area contributed by atoms with E-state index >= 15 is 0 Å². The molecule has 2 rings (SSSR count). The summed E-state index contributed by atoms with van der Waals surface area (Å²) in [5, 5.41) is 3.37. The van der Waals surface area contributed by atoms with Crippen molar-refractivity contribution in [1.82, 2.24) is 4.98 Å². The maximum Gasteiger partial charge on any atom is 0.226 e. The quantitative estimate of drug-likeness (QED) is 0.866. The van der Waals surface area contributed by atoms with E-state index in [1.165, 1.54) is 11.3 Å². The van der Waals surface area contributed by atoms with E-state index in [2.05, 4.69) is 10.3 Å². The average Bonchev–Trinajstić information content (AvgIpc) is 2.78. The van der Waals surface area contributed by atoms with Gasteiger partial charge in [-0.3, -0.25) is 4.79 Å². The summed E-state index contributed by atoms with van der Waals surface area (Å²) in [7, 11) is 1.60. The summed E-state index contributed by atoms with van der Waals surface area (Å²) in [4.78, 5) is 15.9. The number of thiazole rings is 1.